The van der Waals surface area contributed by atoms with E-state index >= 15 is 0 Å². The summed E-state index contributed by atoms with van der Waals surface area (Å²) >= 11 is 0. The van der Waals surface area contributed by atoms with Crippen LogP contribution in [-0.2, 0) is 16.4 Å². The maximum Gasteiger partial charge on any atom is 0.241 e. The smallest absolute Gasteiger partial charge is 0.241 e. The van der Waals surface area contributed by atoms with E-state index in [9.17, 15) is 8.42 Å². The van der Waals surface area contributed by atoms with E-state index in [-0.39, 0.29) is 5.54 Å². The van der Waals surface area contributed by atoms with Crippen LogP contribution in [-0.4, -0.2) is 26.5 Å². The van der Waals surface area contributed by atoms with Crippen molar-refractivity contribution < 1.29 is 8.42 Å². The minimum absolute atomic E-state index is 0.251. The Kier molecular flexibility index (Phi) is 5.07. The number of hydrogen-bond acceptors (Lipinski definition) is 3. The molecule has 1 fully saturated rings. The Labute approximate surface area is 128 Å². The molecule has 5 heteroatoms. The van der Waals surface area contributed by atoms with Gasteiger partial charge < -0.3 is 5.32 Å². The predicted molar refractivity (Wildman–Crippen MR) is 85.9 cm³/mol. The minimum atomic E-state index is -3.40. The van der Waals surface area contributed by atoms with Crippen LogP contribution in [0.1, 0.15) is 45.6 Å². The van der Waals surface area contributed by atoms with E-state index in [4.69, 9.17) is 0 Å². The van der Waals surface area contributed by atoms with Gasteiger partial charge in [-0.25, -0.2) is 13.1 Å². The summed E-state index contributed by atoms with van der Waals surface area (Å²) in [5.74, 6) is 0. The van der Waals surface area contributed by atoms with Crippen LogP contribution in [0.4, 0.5) is 0 Å². The maximum absolute atomic E-state index is 12.3. The lowest BCUT2D eigenvalue weighted by molar-refractivity contribution is 0.248. The molecule has 0 heterocycles. The molecule has 1 aliphatic rings. The molecule has 1 saturated carbocycles. The topological polar surface area (TPSA) is 58.2 Å². The SMILES string of the molecule is CC(C)NCCc1ccc(S(=O)(=O)NC2(C)CCC2)cc1. The Morgan fingerprint density at radius 3 is 2.29 bits per heavy atom. The monoisotopic (exact) mass is 310 g/mol. The highest BCUT2D eigenvalue weighted by molar-refractivity contribution is 7.89. The summed E-state index contributed by atoms with van der Waals surface area (Å²) < 4.78 is 27.5. The third kappa shape index (κ3) is 4.53. The molecule has 1 aliphatic carbocycles. The molecule has 1 aromatic rings. The first kappa shape index (κ1) is 16.5. The van der Waals surface area contributed by atoms with E-state index in [1.54, 1.807) is 12.1 Å². The van der Waals surface area contributed by atoms with Crippen molar-refractivity contribution in [3.05, 3.63) is 29.8 Å². The summed E-state index contributed by atoms with van der Waals surface area (Å²) in [5, 5.41) is 3.35. The summed E-state index contributed by atoms with van der Waals surface area (Å²) in [5.41, 5.74) is 0.899. The van der Waals surface area contributed by atoms with Crippen molar-refractivity contribution in [2.24, 2.45) is 0 Å². The van der Waals surface area contributed by atoms with Crippen molar-refractivity contribution in [3.8, 4) is 0 Å². The fourth-order valence-electron chi connectivity index (χ4n) is 2.53. The molecule has 0 radical (unpaired) electrons. The molecule has 0 unspecified atom stereocenters. The average Bonchev–Trinajstić information content (AvgIpc) is 2.36. The zero-order valence-corrected chi connectivity index (χ0v) is 14.0. The van der Waals surface area contributed by atoms with Crippen LogP contribution in [0.25, 0.3) is 0 Å². The summed E-state index contributed by atoms with van der Waals surface area (Å²) in [7, 11) is -3.40. The van der Waals surface area contributed by atoms with Gasteiger partial charge in [-0.1, -0.05) is 26.0 Å². The van der Waals surface area contributed by atoms with Crippen LogP contribution in [0.5, 0.6) is 0 Å². The first-order valence-electron chi connectivity index (χ1n) is 7.67. The average molecular weight is 310 g/mol. The van der Waals surface area contributed by atoms with Crippen LogP contribution in [0, 0.1) is 0 Å². The molecule has 0 amide bonds. The number of sulfonamides is 1. The van der Waals surface area contributed by atoms with Gasteiger partial charge in [0, 0.05) is 11.6 Å². The van der Waals surface area contributed by atoms with Gasteiger partial charge in [0.25, 0.3) is 0 Å². The van der Waals surface area contributed by atoms with Crippen molar-refractivity contribution in [1.82, 2.24) is 10.0 Å². The molecular formula is C16H26N2O2S. The highest BCUT2D eigenvalue weighted by Crippen LogP contribution is 2.32. The Morgan fingerprint density at radius 2 is 1.81 bits per heavy atom. The van der Waals surface area contributed by atoms with Crippen molar-refractivity contribution in [1.29, 1.82) is 0 Å². The summed E-state index contributed by atoms with van der Waals surface area (Å²) in [6.45, 7) is 7.10. The number of benzene rings is 1. The van der Waals surface area contributed by atoms with Crippen molar-refractivity contribution in [2.45, 2.75) is 62.9 Å². The lowest BCUT2D eigenvalue weighted by Gasteiger charge is -2.38. The van der Waals surface area contributed by atoms with Gasteiger partial charge in [0.2, 0.25) is 10.0 Å². The van der Waals surface area contributed by atoms with Gasteiger partial charge in [0.05, 0.1) is 4.90 Å². The fraction of sp³-hybridized carbons (Fsp3) is 0.625. The summed E-state index contributed by atoms with van der Waals surface area (Å²) in [4.78, 5) is 0.358. The highest BCUT2D eigenvalue weighted by Gasteiger charge is 2.36. The second-order valence-electron chi connectivity index (χ2n) is 6.52. The molecule has 21 heavy (non-hydrogen) atoms. The molecule has 2 rings (SSSR count). The first-order chi connectivity index (χ1) is 9.81. The Hall–Kier alpha value is -0.910. The maximum atomic E-state index is 12.3. The van der Waals surface area contributed by atoms with Crippen molar-refractivity contribution in [2.75, 3.05) is 6.54 Å². The zero-order chi connectivity index (χ0) is 15.5. The zero-order valence-electron chi connectivity index (χ0n) is 13.1. The number of nitrogens with one attached hydrogen (secondary N) is 2. The first-order valence-corrected chi connectivity index (χ1v) is 9.15. The van der Waals surface area contributed by atoms with E-state index in [1.165, 1.54) is 0 Å². The summed E-state index contributed by atoms with van der Waals surface area (Å²) in [6.07, 6.45) is 3.85. The standard InChI is InChI=1S/C16H26N2O2S/c1-13(2)17-12-9-14-5-7-15(8-6-14)21(19,20)18-16(3)10-4-11-16/h5-8,13,17-18H,4,9-12H2,1-3H3. The van der Waals surface area contributed by atoms with Crippen molar-refractivity contribution >= 4 is 10.0 Å². The Bertz CT molecular complexity index is 560. The molecule has 1 aromatic carbocycles. The number of rotatable bonds is 7. The van der Waals surface area contributed by atoms with Gasteiger partial charge in [-0.05, 0) is 56.8 Å². The molecule has 2 N–H and O–H groups in total. The lowest BCUT2D eigenvalue weighted by Crippen LogP contribution is -2.50. The number of hydrogen-bond donors (Lipinski definition) is 2. The molecular weight excluding hydrogens is 284 g/mol. The predicted octanol–water partition coefficient (Wildman–Crippen LogP) is 2.45. The van der Waals surface area contributed by atoms with E-state index in [1.807, 2.05) is 19.1 Å². The Morgan fingerprint density at radius 1 is 1.19 bits per heavy atom. The van der Waals surface area contributed by atoms with Crippen LogP contribution < -0.4 is 10.0 Å². The van der Waals surface area contributed by atoms with E-state index in [0.717, 1.165) is 37.8 Å². The molecule has 0 saturated heterocycles. The molecule has 0 bridgehead atoms. The van der Waals surface area contributed by atoms with Crippen LogP contribution in [0.2, 0.25) is 0 Å². The van der Waals surface area contributed by atoms with Gasteiger partial charge in [0.15, 0.2) is 0 Å². The molecule has 4 nitrogen and oxygen atoms in total. The van der Waals surface area contributed by atoms with E-state index in [2.05, 4.69) is 23.9 Å². The van der Waals surface area contributed by atoms with Crippen molar-refractivity contribution in [3.63, 3.8) is 0 Å². The van der Waals surface area contributed by atoms with E-state index in [0.29, 0.717) is 10.9 Å². The van der Waals surface area contributed by atoms with Gasteiger partial charge >= 0.3 is 0 Å². The minimum Gasteiger partial charge on any atom is -0.314 e. The Balaban J connectivity index is 1.97. The molecule has 118 valence electrons. The van der Waals surface area contributed by atoms with Crippen LogP contribution in [0.3, 0.4) is 0 Å². The third-order valence-electron chi connectivity index (χ3n) is 4.04. The van der Waals surface area contributed by atoms with Crippen LogP contribution in [0.15, 0.2) is 29.2 Å². The van der Waals surface area contributed by atoms with Gasteiger partial charge in [-0.3, -0.25) is 0 Å². The van der Waals surface area contributed by atoms with E-state index < -0.39 is 10.0 Å². The molecule has 0 aliphatic heterocycles. The largest absolute Gasteiger partial charge is 0.314 e. The van der Waals surface area contributed by atoms with Crippen LogP contribution >= 0.6 is 0 Å². The molecule has 0 spiro atoms. The normalized spacial score (nSPS) is 17.7. The second kappa shape index (κ2) is 6.46. The highest BCUT2D eigenvalue weighted by atomic mass is 32.2. The van der Waals surface area contributed by atoms with Gasteiger partial charge in [-0.2, -0.15) is 0 Å². The molecule has 0 aromatic heterocycles. The molecule has 0 atom stereocenters. The third-order valence-corrected chi connectivity index (χ3v) is 5.69. The quantitative estimate of drug-likeness (QED) is 0.813. The van der Waals surface area contributed by atoms with Gasteiger partial charge in [0.1, 0.15) is 0 Å². The fourth-order valence-corrected chi connectivity index (χ4v) is 4.00. The van der Waals surface area contributed by atoms with Gasteiger partial charge in [-0.15, -0.1) is 0 Å². The second-order valence-corrected chi connectivity index (χ2v) is 8.20. The summed E-state index contributed by atoms with van der Waals surface area (Å²) in [6, 6.07) is 7.68. The lowest BCUT2D eigenvalue weighted by atomic mass is 9.80.